The van der Waals surface area contributed by atoms with Gasteiger partial charge in [-0.15, -0.1) is 0 Å². The molecule has 0 aliphatic carbocycles. The van der Waals surface area contributed by atoms with Crippen molar-refractivity contribution in [3.8, 4) is 0 Å². The monoisotopic (exact) mass is 263 g/mol. The first-order valence-corrected chi connectivity index (χ1v) is 5.64. The number of esters is 1. The molecule has 0 aliphatic rings. The molecule has 0 aliphatic heterocycles. The number of hydrogen-bond acceptors (Lipinski definition) is 3. The van der Waals surface area contributed by atoms with E-state index in [0.29, 0.717) is 16.3 Å². The molecule has 0 fully saturated rings. The average molecular weight is 264 g/mol. The fraction of sp³-hybridized carbons (Fsp3) is 0.0769. The van der Waals surface area contributed by atoms with Gasteiger partial charge in [-0.25, -0.2) is 4.79 Å². The minimum atomic E-state index is -0.553. The first-order chi connectivity index (χ1) is 8.66. The summed E-state index contributed by atoms with van der Waals surface area (Å²) >= 11 is 5.71. The Bertz CT molecular complexity index is 546. The van der Waals surface area contributed by atoms with Crippen LogP contribution in [0.2, 0.25) is 5.02 Å². The van der Waals surface area contributed by atoms with Gasteiger partial charge in [-0.3, -0.25) is 4.79 Å². The third-order valence-corrected chi connectivity index (χ3v) is 2.57. The number of ether oxygens (including phenoxy) is 1. The smallest absolute Gasteiger partial charge is 0.355 e. The van der Waals surface area contributed by atoms with Gasteiger partial charge in [0, 0.05) is 16.8 Å². The van der Waals surface area contributed by atoms with Gasteiger partial charge < -0.3 is 9.72 Å². The Morgan fingerprint density at radius 1 is 1.17 bits per heavy atom. The summed E-state index contributed by atoms with van der Waals surface area (Å²) in [6.07, 6.45) is 1.61. The summed E-state index contributed by atoms with van der Waals surface area (Å²) in [5.41, 5.74) is 0.776. The highest BCUT2D eigenvalue weighted by atomic mass is 35.5. The van der Waals surface area contributed by atoms with Crippen molar-refractivity contribution in [2.45, 2.75) is 0 Å². The molecule has 0 spiro atoms. The highest BCUT2D eigenvalue weighted by Gasteiger charge is 2.11. The Balaban J connectivity index is 1.92. The van der Waals surface area contributed by atoms with Crippen LogP contribution in [0, 0.1) is 0 Å². The molecule has 0 atom stereocenters. The van der Waals surface area contributed by atoms with Crippen molar-refractivity contribution >= 4 is 23.4 Å². The van der Waals surface area contributed by atoms with Crippen LogP contribution in [-0.4, -0.2) is 23.3 Å². The van der Waals surface area contributed by atoms with E-state index in [4.69, 9.17) is 16.3 Å². The Morgan fingerprint density at radius 3 is 2.50 bits per heavy atom. The molecule has 0 amide bonds. The Morgan fingerprint density at radius 2 is 1.89 bits per heavy atom. The molecule has 1 N–H and O–H groups in total. The molecule has 5 heteroatoms. The molecular weight excluding hydrogens is 254 g/mol. The maximum absolute atomic E-state index is 11.7. The lowest BCUT2D eigenvalue weighted by Gasteiger charge is -2.03. The zero-order valence-electron chi connectivity index (χ0n) is 9.35. The van der Waals surface area contributed by atoms with Crippen LogP contribution >= 0.6 is 11.6 Å². The molecule has 0 saturated carbocycles. The predicted molar refractivity (Wildman–Crippen MR) is 66.9 cm³/mol. The fourth-order valence-corrected chi connectivity index (χ4v) is 1.51. The quantitative estimate of drug-likeness (QED) is 0.681. The van der Waals surface area contributed by atoms with Gasteiger partial charge in [0.2, 0.25) is 0 Å². The standard InChI is InChI=1S/C13H10ClNO3/c14-10-5-3-9(4-6-10)12(16)8-18-13(17)11-2-1-7-15-11/h1-7,15H,8H2. The van der Waals surface area contributed by atoms with Crippen LogP contribution in [-0.2, 0) is 4.74 Å². The third-order valence-electron chi connectivity index (χ3n) is 2.32. The van der Waals surface area contributed by atoms with Crippen molar-refractivity contribution in [3.63, 3.8) is 0 Å². The van der Waals surface area contributed by atoms with E-state index in [9.17, 15) is 9.59 Å². The van der Waals surface area contributed by atoms with Gasteiger partial charge >= 0.3 is 5.97 Å². The first-order valence-electron chi connectivity index (χ1n) is 5.26. The number of aromatic nitrogens is 1. The van der Waals surface area contributed by atoms with E-state index in [1.165, 1.54) is 0 Å². The molecule has 1 aromatic heterocycles. The molecule has 0 bridgehead atoms. The molecule has 1 heterocycles. The molecule has 0 radical (unpaired) electrons. The van der Waals surface area contributed by atoms with Crippen LogP contribution in [0.3, 0.4) is 0 Å². The van der Waals surface area contributed by atoms with E-state index >= 15 is 0 Å². The van der Waals surface area contributed by atoms with Gasteiger partial charge in [-0.05, 0) is 36.4 Å². The highest BCUT2D eigenvalue weighted by molar-refractivity contribution is 6.30. The summed E-state index contributed by atoms with van der Waals surface area (Å²) in [5.74, 6) is -0.825. The molecule has 2 aromatic rings. The number of nitrogens with one attached hydrogen (secondary N) is 1. The van der Waals surface area contributed by atoms with Crippen molar-refractivity contribution in [2.75, 3.05) is 6.61 Å². The second kappa shape index (κ2) is 5.51. The van der Waals surface area contributed by atoms with Crippen molar-refractivity contribution < 1.29 is 14.3 Å². The van der Waals surface area contributed by atoms with Crippen molar-refractivity contribution in [1.29, 1.82) is 0 Å². The molecule has 18 heavy (non-hydrogen) atoms. The second-order valence-corrected chi connectivity index (χ2v) is 4.03. The molecule has 4 nitrogen and oxygen atoms in total. The summed E-state index contributed by atoms with van der Waals surface area (Å²) in [6.45, 7) is -0.292. The van der Waals surface area contributed by atoms with E-state index in [1.807, 2.05) is 0 Å². The number of hydrogen-bond donors (Lipinski definition) is 1. The molecule has 2 rings (SSSR count). The van der Waals surface area contributed by atoms with Gasteiger partial charge in [-0.2, -0.15) is 0 Å². The number of halogens is 1. The second-order valence-electron chi connectivity index (χ2n) is 3.59. The lowest BCUT2D eigenvalue weighted by Crippen LogP contribution is -2.14. The molecule has 1 aromatic carbocycles. The summed E-state index contributed by atoms with van der Waals surface area (Å²) in [7, 11) is 0. The predicted octanol–water partition coefficient (Wildman–Crippen LogP) is 2.71. The van der Waals surface area contributed by atoms with Gasteiger partial charge in [-0.1, -0.05) is 11.6 Å². The maximum Gasteiger partial charge on any atom is 0.355 e. The zero-order chi connectivity index (χ0) is 13.0. The summed E-state index contributed by atoms with van der Waals surface area (Å²) in [4.78, 5) is 25.9. The number of aromatic amines is 1. The van der Waals surface area contributed by atoms with Crippen LogP contribution in [0.5, 0.6) is 0 Å². The van der Waals surface area contributed by atoms with E-state index < -0.39 is 5.97 Å². The fourth-order valence-electron chi connectivity index (χ4n) is 1.39. The Labute approximate surface area is 109 Å². The van der Waals surface area contributed by atoms with Crippen LogP contribution in [0.25, 0.3) is 0 Å². The summed E-state index contributed by atoms with van der Waals surface area (Å²) < 4.78 is 4.88. The Kier molecular flexibility index (Phi) is 3.79. The highest BCUT2D eigenvalue weighted by Crippen LogP contribution is 2.10. The van der Waals surface area contributed by atoms with Gasteiger partial charge in [0.15, 0.2) is 12.4 Å². The number of H-pyrrole nitrogens is 1. The van der Waals surface area contributed by atoms with Crippen molar-refractivity contribution in [2.24, 2.45) is 0 Å². The SMILES string of the molecule is O=C(COC(=O)c1ccc[nH]1)c1ccc(Cl)cc1. The van der Waals surface area contributed by atoms with Crippen LogP contribution in [0.4, 0.5) is 0 Å². The van der Waals surface area contributed by atoms with Gasteiger partial charge in [0.05, 0.1) is 0 Å². The van der Waals surface area contributed by atoms with Gasteiger partial charge in [0.1, 0.15) is 5.69 Å². The van der Waals surface area contributed by atoms with E-state index in [2.05, 4.69) is 4.98 Å². The first kappa shape index (κ1) is 12.4. The number of benzene rings is 1. The van der Waals surface area contributed by atoms with Crippen LogP contribution in [0.1, 0.15) is 20.8 Å². The molecule has 92 valence electrons. The lowest BCUT2D eigenvalue weighted by atomic mass is 10.1. The minimum Gasteiger partial charge on any atom is -0.453 e. The van der Waals surface area contributed by atoms with Crippen molar-refractivity contribution in [3.05, 3.63) is 58.9 Å². The largest absolute Gasteiger partial charge is 0.453 e. The van der Waals surface area contributed by atoms with Crippen LogP contribution < -0.4 is 0 Å². The van der Waals surface area contributed by atoms with E-state index in [1.54, 1.807) is 42.6 Å². The molecule has 0 saturated heterocycles. The number of Topliss-reactive ketones (excluding diaryl/α,β-unsaturated/α-hetero) is 1. The summed E-state index contributed by atoms with van der Waals surface area (Å²) in [5, 5.41) is 0.551. The van der Waals surface area contributed by atoms with E-state index in [-0.39, 0.29) is 12.4 Å². The Hall–Kier alpha value is -2.07. The number of carbonyl (C=O) groups excluding carboxylic acids is 2. The zero-order valence-corrected chi connectivity index (χ0v) is 10.1. The maximum atomic E-state index is 11.7. The number of rotatable bonds is 4. The number of carbonyl (C=O) groups is 2. The molecular formula is C13H10ClNO3. The summed E-state index contributed by atoms with van der Waals surface area (Å²) in [6, 6.07) is 9.66. The van der Waals surface area contributed by atoms with Crippen LogP contribution in [0.15, 0.2) is 42.6 Å². The molecule has 0 unspecified atom stereocenters. The normalized spacial score (nSPS) is 10.1. The van der Waals surface area contributed by atoms with E-state index in [0.717, 1.165) is 0 Å². The minimum absolute atomic E-state index is 0.272. The number of ketones is 1. The lowest BCUT2D eigenvalue weighted by molar-refractivity contribution is 0.0469. The van der Waals surface area contributed by atoms with Crippen molar-refractivity contribution in [1.82, 2.24) is 4.98 Å². The average Bonchev–Trinajstić information content (AvgIpc) is 2.90. The van der Waals surface area contributed by atoms with Gasteiger partial charge in [0.25, 0.3) is 0 Å². The topological polar surface area (TPSA) is 59.2 Å². The third kappa shape index (κ3) is 2.99.